The molecule has 0 bridgehead atoms. The molecule has 0 spiro atoms. The first-order chi connectivity index (χ1) is 12.8. The molecule has 0 N–H and O–H groups in total. The van der Waals surface area contributed by atoms with Gasteiger partial charge in [-0.2, -0.15) is 0 Å². The van der Waals surface area contributed by atoms with E-state index in [4.69, 9.17) is 0 Å². The first-order valence-corrected chi connectivity index (χ1v) is 10.0. The molecule has 1 saturated carbocycles. The number of benzene rings is 1. The van der Waals surface area contributed by atoms with Gasteiger partial charge in [-0.05, 0) is 49.3 Å². The summed E-state index contributed by atoms with van der Waals surface area (Å²) in [5.74, 6) is 1.95. The molecule has 26 heavy (non-hydrogen) atoms. The first-order valence-electron chi connectivity index (χ1n) is 10.0. The van der Waals surface area contributed by atoms with Crippen LogP contribution in [0.25, 0.3) is 0 Å². The van der Waals surface area contributed by atoms with Crippen molar-refractivity contribution >= 4 is 11.7 Å². The van der Waals surface area contributed by atoms with Gasteiger partial charge in [0.15, 0.2) is 0 Å². The molecule has 0 saturated heterocycles. The second-order valence-corrected chi connectivity index (χ2v) is 7.46. The number of rotatable bonds is 7. The second-order valence-electron chi connectivity index (χ2n) is 7.46. The van der Waals surface area contributed by atoms with E-state index in [1.54, 1.807) is 6.20 Å². The van der Waals surface area contributed by atoms with Crippen molar-refractivity contribution in [3.8, 4) is 0 Å². The lowest BCUT2D eigenvalue weighted by Gasteiger charge is -2.32. The van der Waals surface area contributed by atoms with Crippen LogP contribution in [-0.4, -0.2) is 10.9 Å². The molecule has 3 nitrogen and oxygen atoms in total. The minimum absolute atomic E-state index is 0.138. The Morgan fingerprint density at radius 2 is 1.77 bits per heavy atom. The molecule has 1 heterocycles. The van der Waals surface area contributed by atoms with Crippen molar-refractivity contribution in [2.45, 2.75) is 58.4 Å². The molecule has 0 atom stereocenters. The van der Waals surface area contributed by atoms with E-state index in [9.17, 15) is 4.79 Å². The maximum atomic E-state index is 13.3. The van der Waals surface area contributed by atoms with Crippen LogP contribution >= 0.6 is 0 Å². The molecule has 0 radical (unpaired) electrons. The third-order valence-electron chi connectivity index (χ3n) is 5.54. The number of carbonyl (C=O) groups excluding carboxylic acids is 1. The van der Waals surface area contributed by atoms with Gasteiger partial charge in [0, 0.05) is 12.1 Å². The van der Waals surface area contributed by atoms with Gasteiger partial charge in [0.2, 0.25) is 5.91 Å². The Kier molecular flexibility index (Phi) is 6.82. The van der Waals surface area contributed by atoms with Gasteiger partial charge in [0.1, 0.15) is 5.82 Å². The van der Waals surface area contributed by atoms with Gasteiger partial charge in [-0.3, -0.25) is 9.69 Å². The Balaban J connectivity index is 1.69. The largest absolute Gasteiger partial charge is 0.292 e. The van der Waals surface area contributed by atoms with E-state index in [-0.39, 0.29) is 11.8 Å². The zero-order valence-corrected chi connectivity index (χ0v) is 15.8. The molecular formula is C23H30N2O. The highest BCUT2D eigenvalue weighted by molar-refractivity contribution is 5.94. The van der Waals surface area contributed by atoms with Crippen LogP contribution in [0, 0.1) is 11.8 Å². The normalized spacial score (nSPS) is 19.9. The van der Waals surface area contributed by atoms with Crippen molar-refractivity contribution in [2.24, 2.45) is 11.8 Å². The third-order valence-corrected chi connectivity index (χ3v) is 5.54. The highest BCUT2D eigenvalue weighted by Crippen LogP contribution is 2.33. The van der Waals surface area contributed by atoms with Gasteiger partial charge < -0.3 is 0 Å². The minimum Gasteiger partial charge on any atom is -0.292 e. The lowest BCUT2D eigenvalue weighted by Crippen LogP contribution is -2.38. The number of carbonyl (C=O) groups is 1. The van der Waals surface area contributed by atoms with Gasteiger partial charge >= 0.3 is 0 Å². The molecule has 1 aliphatic rings. The SMILES string of the molecule is CCCCC1CCC(C(=O)N(Cc2ccccc2)c2ccccn2)CC1. The van der Waals surface area contributed by atoms with Crippen LogP contribution in [0.4, 0.5) is 5.82 Å². The van der Waals surface area contributed by atoms with Crippen molar-refractivity contribution in [3.05, 3.63) is 60.3 Å². The zero-order valence-electron chi connectivity index (χ0n) is 15.8. The van der Waals surface area contributed by atoms with Crippen LogP contribution in [0.5, 0.6) is 0 Å². The molecule has 2 aromatic rings. The van der Waals surface area contributed by atoms with E-state index in [2.05, 4.69) is 24.0 Å². The van der Waals surface area contributed by atoms with Crippen molar-refractivity contribution in [1.29, 1.82) is 0 Å². The summed E-state index contributed by atoms with van der Waals surface area (Å²) in [5, 5.41) is 0. The number of anilines is 1. The van der Waals surface area contributed by atoms with E-state index < -0.39 is 0 Å². The van der Waals surface area contributed by atoms with Crippen molar-refractivity contribution in [1.82, 2.24) is 4.98 Å². The molecule has 1 aliphatic carbocycles. The van der Waals surface area contributed by atoms with Crippen LogP contribution < -0.4 is 4.90 Å². The minimum atomic E-state index is 0.138. The predicted octanol–water partition coefficient (Wildman–Crippen LogP) is 5.61. The standard InChI is InChI=1S/C23H30N2O/c1-2-3-9-19-13-15-21(16-14-19)23(26)25(22-12-7-8-17-24-22)18-20-10-5-4-6-11-20/h4-8,10-12,17,19,21H,2-3,9,13-16,18H2,1H3. The van der Waals surface area contributed by atoms with Crippen molar-refractivity contribution < 1.29 is 4.79 Å². The average molecular weight is 351 g/mol. The third kappa shape index (κ3) is 4.94. The summed E-state index contributed by atoms with van der Waals surface area (Å²) in [6.45, 7) is 2.84. The van der Waals surface area contributed by atoms with Gasteiger partial charge in [0.05, 0.1) is 6.54 Å². The summed E-state index contributed by atoms with van der Waals surface area (Å²) in [4.78, 5) is 19.6. The van der Waals surface area contributed by atoms with Crippen molar-refractivity contribution in [3.63, 3.8) is 0 Å². The fourth-order valence-electron chi connectivity index (χ4n) is 3.96. The summed E-state index contributed by atoms with van der Waals surface area (Å²) in [7, 11) is 0. The predicted molar refractivity (Wildman–Crippen MR) is 107 cm³/mol. The topological polar surface area (TPSA) is 33.2 Å². The number of unbranched alkanes of at least 4 members (excludes halogenated alkanes) is 1. The van der Waals surface area contributed by atoms with Crippen LogP contribution in [-0.2, 0) is 11.3 Å². The first kappa shape index (κ1) is 18.6. The molecule has 1 aromatic heterocycles. The summed E-state index contributed by atoms with van der Waals surface area (Å²) in [6.07, 6.45) is 10.1. The summed E-state index contributed by atoms with van der Waals surface area (Å²) >= 11 is 0. The van der Waals surface area contributed by atoms with Crippen LogP contribution in [0.2, 0.25) is 0 Å². The highest BCUT2D eigenvalue weighted by Gasteiger charge is 2.30. The Hall–Kier alpha value is -2.16. The number of nitrogens with zero attached hydrogens (tertiary/aromatic N) is 2. The number of hydrogen-bond donors (Lipinski definition) is 0. The molecule has 1 fully saturated rings. The maximum Gasteiger partial charge on any atom is 0.231 e. The number of pyridine rings is 1. The smallest absolute Gasteiger partial charge is 0.231 e. The van der Waals surface area contributed by atoms with Gasteiger partial charge in [-0.1, -0.05) is 62.6 Å². The Morgan fingerprint density at radius 1 is 1.04 bits per heavy atom. The Morgan fingerprint density at radius 3 is 2.42 bits per heavy atom. The molecular weight excluding hydrogens is 320 g/mol. The van der Waals surface area contributed by atoms with E-state index in [1.807, 2.05) is 41.3 Å². The lowest BCUT2D eigenvalue weighted by molar-refractivity contribution is -0.123. The molecule has 1 aromatic carbocycles. The van der Waals surface area contributed by atoms with E-state index in [1.165, 1.54) is 32.1 Å². The van der Waals surface area contributed by atoms with E-state index in [0.29, 0.717) is 6.54 Å². The fraction of sp³-hybridized carbons (Fsp3) is 0.478. The van der Waals surface area contributed by atoms with Crippen LogP contribution in [0.3, 0.4) is 0 Å². The van der Waals surface area contributed by atoms with E-state index >= 15 is 0 Å². The molecule has 1 amide bonds. The summed E-state index contributed by atoms with van der Waals surface area (Å²) in [6, 6.07) is 16.0. The second kappa shape index (κ2) is 9.51. The molecule has 3 rings (SSSR count). The summed E-state index contributed by atoms with van der Waals surface area (Å²) < 4.78 is 0. The molecule has 138 valence electrons. The van der Waals surface area contributed by atoms with Gasteiger partial charge in [-0.25, -0.2) is 4.98 Å². The van der Waals surface area contributed by atoms with Crippen molar-refractivity contribution in [2.75, 3.05) is 4.90 Å². The average Bonchev–Trinajstić information content (AvgIpc) is 2.72. The number of amides is 1. The number of hydrogen-bond acceptors (Lipinski definition) is 2. The van der Waals surface area contributed by atoms with Crippen LogP contribution in [0.1, 0.15) is 57.4 Å². The zero-order chi connectivity index (χ0) is 18.2. The van der Waals surface area contributed by atoms with Gasteiger partial charge in [0.25, 0.3) is 0 Å². The quantitative estimate of drug-likeness (QED) is 0.650. The monoisotopic (exact) mass is 350 g/mol. The lowest BCUT2D eigenvalue weighted by atomic mass is 9.79. The Labute approximate surface area is 157 Å². The molecule has 0 unspecified atom stereocenters. The number of aromatic nitrogens is 1. The Bertz CT molecular complexity index is 663. The highest BCUT2D eigenvalue weighted by atomic mass is 16.2. The van der Waals surface area contributed by atoms with E-state index in [0.717, 1.165) is 30.1 Å². The maximum absolute atomic E-state index is 13.3. The summed E-state index contributed by atoms with van der Waals surface area (Å²) in [5.41, 5.74) is 1.14. The van der Waals surface area contributed by atoms with Crippen LogP contribution in [0.15, 0.2) is 54.7 Å². The fourth-order valence-corrected chi connectivity index (χ4v) is 3.96. The van der Waals surface area contributed by atoms with Gasteiger partial charge in [-0.15, -0.1) is 0 Å². The molecule has 0 aliphatic heterocycles. The molecule has 3 heteroatoms.